The molecule has 30 heavy (non-hydrogen) atoms. The molecule has 1 saturated heterocycles. The van der Waals surface area contributed by atoms with Crippen LogP contribution in [0.4, 0.5) is 0 Å². The number of aliphatic carboxylic acids is 1. The van der Waals surface area contributed by atoms with Crippen LogP contribution in [0.1, 0.15) is 59.3 Å². The van der Waals surface area contributed by atoms with Crippen LogP contribution < -0.4 is 0 Å². The zero-order valence-electron chi connectivity index (χ0n) is 18.6. The van der Waals surface area contributed by atoms with E-state index >= 15 is 0 Å². The van der Waals surface area contributed by atoms with Gasteiger partial charge in [-0.25, -0.2) is 9.79 Å². The molecule has 2 heterocycles. The van der Waals surface area contributed by atoms with Crippen LogP contribution in [-0.4, -0.2) is 57.9 Å². The van der Waals surface area contributed by atoms with Gasteiger partial charge in [0.1, 0.15) is 5.66 Å². The number of nitrogens with zero attached hydrogens (tertiary/aromatic N) is 3. The molecule has 1 fully saturated rings. The summed E-state index contributed by atoms with van der Waals surface area (Å²) in [5.41, 5.74) is 0.615. The van der Waals surface area contributed by atoms with Gasteiger partial charge in [-0.2, -0.15) is 0 Å². The highest BCUT2D eigenvalue weighted by molar-refractivity contribution is 6.39. The Bertz CT molecular complexity index is 773. The summed E-state index contributed by atoms with van der Waals surface area (Å²) in [6, 6.07) is 0. The highest BCUT2D eigenvalue weighted by Crippen LogP contribution is 2.34. The molecule has 0 aromatic heterocycles. The quantitative estimate of drug-likeness (QED) is 0.347. The molecule has 0 aliphatic carbocycles. The summed E-state index contributed by atoms with van der Waals surface area (Å²) < 4.78 is 0. The van der Waals surface area contributed by atoms with Gasteiger partial charge in [0.15, 0.2) is 5.84 Å². The third-order valence-corrected chi connectivity index (χ3v) is 5.90. The monoisotopic (exact) mass is 413 g/mol. The first-order valence-corrected chi connectivity index (χ1v) is 10.9. The Morgan fingerprint density at radius 3 is 2.53 bits per heavy atom. The molecule has 164 valence electrons. The van der Waals surface area contributed by atoms with E-state index in [1.165, 1.54) is 12.5 Å². The van der Waals surface area contributed by atoms with Crippen LogP contribution in [-0.2, 0) is 9.59 Å². The fourth-order valence-corrected chi connectivity index (χ4v) is 3.94. The second kappa shape index (κ2) is 11.0. The zero-order chi connectivity index (χ0) is 22.1. The number of carboxylic acids is 1. The minimum absolute atomic E-state index is 0.0175. The van der Waals surface area contributed by atoms with E-state index in [-0.39, 0.29) is 11.5 Å². The number of carbonyl (C=O) groups excluding carboxylic acids is 1. The second-order valence-corrected chi connectivity index (χ2v) is 7.94. The molecule has 0 aromatic rings. The Kier molecular flexibility index (Phi) is 8.63. The van der Waals surface area contributed by atoms with Crippen LogP contribution in [0.3, 0.4) is 0 Å². The highest BCUT2D eigenvalue weighted by atomic mass is 16.4. The second-order valence-electron chi connectivity index (χ2n) is 7.94. The van der Waals surface area contributed by atoms with Crippen LogP contribution in [0.5, 0.6) is 0 Å². The fourth-order valence-electron chi connectivity index (χ4n) is 3.94. The molecule has 6 nitrogen and oxygen atoms in total. The molecule has 1 amide bonds. The standard InChI is InChI=1S/C24H35N3O3/c1-5-8-15-24(7-3)25-21(26-16-10-9-11-17-26)22(28)27(24)18-14-19(4)12-13-20(6-2)23(29)30/h5-6,8,12-13H,2,7,9-11,14-18H2,1,3-4H3,(H,29,30)/b8-5?,19-12+,20-13+. The number of carbonyl (C=O) groups is 2. The maximum absolute atomic E-state index is 13.4. The summed E-state index contributed by atoms with van der Waals surface area (Å²) in [5.74, 6) is -0.369. The van der Waals surface area contributed by atoms with Crippen LogP contribution in [0.2, 0.25) is 0 Å². The third-order valence-electron chi connectivity index (χ3n) is 5.90. The van der Waals surface area contributed by atoms with E-state index in [0.29, 0.717) is 25.2 Å². The van der Waals surface area contributed by atoms with Crippen molar-refractivity contribution in [2.24, 2.45) is 4.99 Å². The van der Waals surface area contributed by atoms with Crippen molar-refractivity contribution < 1.29 is 14.7 Å². The minimum atomic E-state index is -1.00. The van der Waals surface area contributed by atoms with Crippen molar-refractivity contribution in [3.8, 4) is 0 Å². The molecule has 1 atom stereocenters. The van der Waals surface area contributed by atoms with E-state index in [9.17, 15) is 9.59 Å². The van der Waals surface area contributed by atoms with Crippen molar-refractivity contribution in [1.29, 1.82) is 0 Å². The van der Waals surface area contributed by atoms with E-state index in [1.807, 2.05) is 24.8 Å². The zero-order valence-corrected chi connectivity index (χ0v) is 18.6. The highest BCUT2D eigenvalue weighted by Gasteiger charge is 2.46. The lowest BCUT2D eigenvalue weighted by Crippen LogP contribution is -2.48. The van der Waals surface area contributed by atoms with Gasteiger partial charge in [0, 0.05) is 26.1 Å². The van der Waals surface area contributed by atoms with Crippen molar-refractivity contribution in [2.45, 2.75) is 65.0 Å². The van der Waals surface area contributed by atoms with Gasteiger partial charge in [0.05, 0.1) is 5.57 Å². The van der Waals surface area contributed by atoms with Gasteiger partial charge in [0.25, 0.3) is 5.91 Å². The predicted molar refractivity (Wildman–Crippen MR) is 121 cm³/mol. The van der Waals surface area contributed by atoms with Gasteiger partial charge in [-0.3, -0.25) is 4.79 Å². The number of amides is 1. The van der Waals surface area contributed by atoms with Crippen LogP contribution in [0, 0.1) is 0 Å². The predicted octanol–water partition coefficient (Wildman–Crippen LogP) is 4.32. The smallest absolute Gasteiger partial charge is 0.335 e. The van der Waals surface area contributed by atoms with Crippen molar-refractivity contribution in [2.75, 3.05) is 19.6 Å². The number of allylic oxidation sites excluding steroid dienone is 3. The molecule has 0 saturated carbocycles. The number of rotatable bonds is 9. The van der Waals surface area contributed by atoms with E-state index in [4.69, 9.17) is 10.1 Å². The van der Waals surface area contributed by atoms with Crippen LogP contribution >= 0.6 is 0 Å². The molecular weight excluding hydrogens is 378 g/mol. The Hall–Kier alpha value is -2.63. The van der Waals surface area contributed by atoms with Crippen LogP contribution in [0.25, 0.3) is 0 Å². The normalized spacial score (nSPS) is 23.3. The number of piperidine rings is 1. The number of amidine groups is 1. The Labute approximate surface area is 180 Å². The largest absolute Gasteiger partial charge is 0.478 e. The fraction of sp³-hybridized carbons (Fsp3) is 0.542. The number of carboxylic acid groups (broad SMARTS) is 1. The first kappa shape index (κ1) is 23.6. The van der Waals surface area contributed by atoms with Crippen molar-refractivity contribution in [3.05, 3.63) is 48.1 Å². The van der Waals surface area contributed by atoms with Gasteiger partial charge in [-0.15, -0.1) is 0 Å². The van der Waals surface area contributed by atoms with E-state index < -0.39 is 11.6 Å². The molecule has 1 unspecified atom stereocenters. The molecular formula is C24H35N3O3. The van der Waals surface area contributed by atoms with E-state index in [0.717, 1.165) is 37.9 Å². The average molecular weight is 414 g/mol. The summed E-state index contributed by atoms with van der Waals surface area (Å²) in [4.78, 5) is 33.5. The minimum Gasteiger partial charge on any atom is -0.478 e. The number of aliphatic imine (C=N–C) groups is 1. The van der Waals surface area contributed by atoms with Gasteiger partial charge in [-0.1, -0.05) is 43.4 Å². The average Bonchev–Trinajstić information content (AvgIpc) is 3.03. The van der Waals surface area contributed by atoms with Gasteiger partial charge in [0.2, 0.25) is 0 Å². The Morgan fingerprint density at radius 2 is 1.97 bits per heavy atom. The third kappa shape index (κ3) is 5.49. The molecule has 0 spiro atoms. The molecule has 1 N–H and O–H groups in total. The summed E-state index contributed by atoms with van der Waals surface area (Å²) in [5, 5.41) is 9.11. The van der Waals surface area contributed by atoms with E-state index in [1.54, 1.807) is 12.2 Å². The lowest BCUT2D eigenvalue weighted by atomic mass is 10.0. The first-order chi connectivity index (χ1) is 14.4. The summed E-state index contributed by atoms with van der Waals surface area (Å²) in [6.07, 6.45) is 14.3. The molecule has 6 heteroatoms. The topological polar surface area (TPSA) is 73.2 Å². The van der Waals surface area contributed by atoms with Crippen LogP contribution in [0.15, 0.2) is 53.1 Å². The molecule has 0 radical (unpaired) electrons. The molecule has 0 bridgehead atoms. The van der Waals surface area contributed by atoms with Gasteiger partial charge < -0.3 is 14.9 Å². The maximum atomic E-state index is 13.4. The first-order valence-electron chi connectivity index (χ1n) is 10.9. The molecule has 2 aliphatic rings. The van der Waals surface area contributed by atoms with Crippen molar-refractivity contribution in [3.63, 3.8) is 0 Å². The number of hydrogen-bond acceptors (Lipinski definition) is 4. The molecule has 2 aliphatic heterocycles. The number of likely N-dealkylation sites (tertiary alicyclic amines) is 1. The SMILES string of the molecule is C=C/C(=C\C=C(/C)CCN1C(=O)C(N2CCCCC2)=NC1(CC)CC=CC)C(=O)O. The lowest BCUT2D eigenvalue weighted by Gasteiger charge is -2.35. The van der Waals surface area contributed by atoms with Gasteiger partial charge >= 0.3 is 5.97 Å². The maximum Gasteiger partial charge on any atom is 0.335 e. The Morgan fingerprint density at radius 1 is 1.27 bits per heavy atom. The molecule has 0 aromatic carbocycles. The summed E-state index contributed by atoms with van der Waals surface area (Å²) >= 11 is 0. The Balaban J connectivity index is 2.22. The van der Waals surface area contributed by atoms with Gasteiger partial charge in [-0.05, 0) is 52.0 Å². The lowest BCUT2D eigenvalue weighted by molar-refractivity contribution is -0.132. The van der Waals surface area contributed by atoms with Crippen molar-refractivity contribution in [1.82, 2.24) is 9.80 Å². The van der Waals surface area contributed by atoms with Crippen molar-refractivity contribution >= 4 is 17.7 Å². The summed E-state index contributed by atoms with van der Waals surface area (Å²) in [7, 11) is 0. The van der Waals surface area contributed by atoms with E-state index in [2.05, 4.69) is 24.5 Å². The summed E-state index contributed by atoms with van der Waals surface area (Å²) in [6.45, 7) is 11.9. The number of hydrogen-bond donors (Lipinski definition) is 1. The molecule has 2 rings (SSSR count).